The fourth-order valence-corrected chi connectivity index (χ4v) is 1.97. The second-order valence-corrected chi connectivity index (χ2v) is 4.18. The van der Waals surface area contributed by atoms with E-state index in [1.165, 1.54) is 0 Å². The molecule has 0 bridgehead atoms. The first-order chi connectivity index (χ1) is 8.72. The number of fused-ring (bicyclic) bond motifs is 1. The molecule has 0 aliphatic carbocycles. The lowest BCUT2D eigenvalue weighted by Gasteiger charge is -2.06. The van der Waals surface area contributed by atoms with Crippen molar-refractivity contribution < 1.29 is 4.79 Å². The largest absolute Gasteiger partial charge is 0.294 e. The minimum atomic E-state index is 0.138. The number of carbonyl (C=O) groups excluding carboxylic acids is 1. The smallest absolute Gasteiger partial charge is 0.164 e. The molecule has 0 amide bonds. The second-order valence-electron chi connectivity index (χ2n) is 4.18. The van der Waals surface area contributed by atoms with Gasteiger partial charge in [-0.1, -0.05) is 18.2 Å². The monoisotopic (exact) mass is 237 g/mol. The van der Waals surface area contributed by atoms with Gasteiger partial charge < -0.3 is 0 Å². The fraction of sp³-hybridized carbons (Fsp3) is 0.250. The molecule has 0 saturated heterocycles. The van der Waals surface area contributed by atoms with Crippen molar-refractivity contribution in [2.75, 3.05) is 0 Å². The van der Waals surface area contributed by atoms with Gasteiger partial charge in [-0.3, -0.25) is 9.78 Å². The molecule has 2 nitrogen and oxygen atoms in total. The van der Waals surface area contributed by atoms with Crippen LogP contribution in [0.1, 0.15) is 35.8 Å². The van der Waals surface area contributed by atoms with Gasteiger partial charge in [-0.2, -0.15) is 0 Å². The van der Waals surface area contributed by atoms with Crippen molar-refractivity contribution in [3.05, 3.63) is 41.6 Å². The van der Waals surface area contributed by atoms with Crippen LogP contribution in [0.2, 0.25) is 0 Å². The topological polar surface area (TPSA) is 30.0 Å². The number of ketones is 1. The third-order valence-electron chi connectivity index (χ3n) is 2.80. The lowest BCUT2D eigenvalue weighted by Crippen LogP contribution is -2.01. The Morgan fingerprint density at radius 2 is 2.11 bits per heavy atom. The number of nitrogens with zero attached hydrogens (tertiary/aromatic N) is 1. The molecule has 0 atom stereocenters. The Labute approximate surface area is 107 Å². The highest BCUT2D eigenvalue weighted by Crippen LogP contribution is 2.19. The van der Waals surface area contributed by atoms with Crippen LogP contribution >= 0.6 is 0 Å². The lowest BCUT2D eigenvalue weighted by atomic mass is 10.0. The SMILES string of the molecule is CC#CCCC(=O)c1cc(C)nc2ccccc12. The van der Waals surface area contributed by atoms with Gasteiger partial charge in [0.15, 0.2) is 5.78 Å². The summed E-state index contributed by atoms with van der Waals surface area (Å²) in [5.74, 6) is 5.87. The predicted octanol–water partition coefficient (Wildman–Crippen LogP) is 3.53. The first kappa shape index (κ1) is 12.3. The number of hydrogen-bond acceptors (Lipinski definition) is 2. The summed E-state index contributed by atoms with van der Waals surface area (Å²) < 4.78 is 0. The summed E-state index contributed by atoms with van der Waals surface area (Å²) in [6.07, 6.45) is 1.08. The average molecular weight is 237 g/mol. The molecule has 90 valence electrons. The van der Waals surface area contributed by atoms with Gasteiger partial charge in [0.1, 0.15) is 0 Å². The summed E-state index contributed by atoms with van der Waals surface area (Å²) in [6, 6.07) is 9.61. The summed E-state index contributed by atoms with van der Waals surface area (Å²) in [5.41, 5.74) is 2.51. The Bertz CT molecular complexity index is 647. The molecule has 1 heterocycles. The zero-order valence-corrected chi connectivity index (χ0v) is 10.7. The van der Waals surface area contributed by atoms with E-state index in [4.69, 9.17) is 0 Å². The predicted molar refractivity (Wildman–Crippen MR) is 73.5 cm³/mol. The highest BCUT2D eigenvalue weighted by atomic mass is 16.1. The van der Waals surface area contributed by atoms with Crippen LogP contribution in [0.15, 0.2) is 30.3 Å². The number of hydrogen-bond donors (Lipinski definition) is 0. The minimum absolute atomic E-state index is 0.138. The Kier molecular flexibility index (Phi) is 3.74. The Balaban J connectivity index is 2.42. The van der Waals surface area contributed by atoms with Crippen molar-refractivity contribution in [1.29, 1.82) is 0 Å². The Morgan fingerprint density at radius 1 is 1.33 bits per heavy atom. The van der Waals surface area contributed by atoms with Gasteiger partial charge in [0.2, 0.25) is 0 Å². The zero-order chi connectivity index (χ0) is 13.0. The maximum Gasteiger partial charge on any atom is 0.164 e. The molecule has 0 aliphatic heterocycles. The summed E-state index contributed by atoms with van der Waals surface area (Å²) in [7, 11) is 0. The zero-order valence-electron chi connectivity index (χ0n) is 10.7. The van der Waals surface area contributed by atoms with Gasteiger partial charge in [-0.15, -0.1) is 11.8 Å². The average Bonchev–Trinajstić information content (AvgIpc) is 2.38. The van der Waals surface area contributed by atoms with Gasteiger partial charge in [0.05, 0.1) is 5.52 Å². The van der Waals surface area contributed by atoms with E-state index in [9.17, 15) is 4.79 Å². The molecule has 2 aromatic rings. The maximum absolute atomic E-state index is 12.2. The van der Waals surface area contributed by atoms with E-state index in [0.717, 1.165) is 22.2 Å². The van der Waals surface area contributed by atoms with Crippen molar-refractivity contribution in [2.45, 2.75) is 26.7 Å². The molecule has 0 radical (unpaired) electrons. The van der Waals surface area contributed by atoms with Crippen LogP contribution in [0.3, 0.4) is 0 Å². The number of para-hydroxylation sites is 1. The van der Waals surface area contributed by atoms with Gasteiger partial charge in [0, 0.05) is 29.5 Å². The molecule has 2 rings (SSSR count). The van der Waals surface area contributed by atoms with Gasteiger partial charge in [-0.05, 0) is 26.0 Å². The normalized spacial score (nSPS) is 9.89. The Morgan fingerprint density at radius 3 is 2.89 bits per heavy atom. The number of pyridine rings is 1. The van der Waals surface area contributed by atoms with Crippen molar-refractivity contribution in [1.82, 2.24) is 4.98 Å². The van der Waals surface area contributed by atoms with Gasteiger partial charge in [-0.25, -0.2) is 0 Å². The second kappa shape index (κ2) is 5.46. The van der Waals surface area contributed by atoms with Crippen molar-refractivity contribution in [3.8, 4) is 11.8 Å². The minimum Gasteiger partial charge on any atom is -0.294 e. The molecule has 1 aromatic heterocycles. The number of benzene rings is 1. The summed E-state index contributed by atoms with van der Waals surface area (Å²) >= 11 is 0. The van der Waals surface area contributed by atoms with E-state index in [0.29, 0.717) is 12.8 Å². The van der Waals surface area contributed by atoms with Crippen LogP contribution in [-0.2, 0) is 0 Å². The third kappa shape index (κ3) is 2.57. The summed E-state index contributed by atoms with van der Waals surface area (Å²) in [5, 5.41) is 0.928. The quantitative estimate of drug-likeness (QED) is 0.603. The van der Waals surface area contributed by atoms with Crippen LogP contribution in [-0.4, -0.2) is 10.8 Å². The molecule has 18 heavy (non-hydrogen) atoms. The van der Waals surface area contributed by atoms with E-state index in [1.54, 1.807) is 6.92 Å². The molecule has 0 aliphatic rings. The van der Waals surface area contributed by atoms with Gasteiger partial charge >= 0.3 is 0 Å². The number of Topliss-reactive ketones (excluding diaryl/α,β-unsaturated/α-hetero) is 1. The van der Waals surface area contributed by atoms with Crippen molar-refractivity contribution in [3.63, 3.8) is 0 Å². The highest BCUT2D eigenvalue weighted by Gasteiger charge is 2.10. The molecule has 0 spiro atoms. The fourth-order valence-electron chi connectivity index (χ4n) is 1.97. The number of carbonyl (C=O) groups is 1. The van der Waals surface area contributed by atoms with E-state index >= 15 is 0 Å². The van der Waals surface area contributed by atoms with E-state index in [1.807, 2.05) is 37.3 Å². The molecule has 0 N–H and O–H groups in total. The van der Waals surface area contributed by atoms with Gasteiger partial charge in [0.25, 0.3) is 0 Å². The lowest BCUT2D eigenvalue weighted by molar-refractivity contribution is 0.0986. The first-order valence-electron chi connectivity index (χ1n) is 6.01. The molecule has 0 unspecified atom stereocenters. The van der Waals surface area contributed by atoms with Crippen LogP contribution in [0.5, 0.6) is 0 Å². The molecule has 2 heteroatoms. The molecule has 1 aromatic carbocycles. The van der Waals surface area contributed by atoms with Crippen LogP contribution < -0.4 is 0 Å². The van der Waals surface area contributed by atoms with Crippen molar-refractivity contribution >= 4 is 16.7 Å². The number of aromatic nitrogens is 1. The number of aryl methyl sites for hydroxylation is 1. The molecular weight excluding hydrogens is 222 g/mol. The first-order valence-corrected chi connectivity index (χ1v) is 6.01. The van der Waals surface area contributed by atoms with Crippen LogP contribution in [0.25, 0.3) is 10.9 Å². The van der Waals surface area contributed by atoms with E-state index in [2.05, 4.69) is 16.8 Å². The molecule has 0 fully saturated rings. The number of rotatable bonds is 3. The Hall–Kier alpha value is -2.14. The van der Waals surface area contributed by atoms with E-state index < -0.39 is 0 Å². The summed E-state index contributed by atoms with van der Waals surface area (Å²) in [4.78, 5) is 16.6. The van der Waals surface area contributed by atoms with Crippen LogP contribution in [0, 0.1) is 18.8 Å². The standard InChI is InChI=1S/C16H15NO/c1-3-4-5-10-16(18)14-11-12(2)17-15-9-7-6-8-13(14)15/h6-9,11H,5,10H2,1-2H3. The van der Waals surface area contributed by atoms with Crippen molar-refractivity contribution in [2.24, 2.45) is 0 Å². The summed E-state index contributed by atoms with van der Waals surface area (Å²) in [6.45, 7) is 3.70. The van der Waals surface area contributed by atoms with E-state index in [-0.39, 0.29) is 5.78 Å². The third-order valence-corrected chi connectivity index (χ3v) is 2.80. The molecular formula is C16H15NO. The maximum atomic E-state index is 12.2. The molecule has 0 saturated carbocycles. The highest BCUT2D eigenvalue weighted by molar-refractivity contribution is 6.07. The van der Waals surface area contributed by atoms with Crippen LogP contribution in [0.4, 0.5) is 0 Å².